The average molecular weight is 293 g/mol. The molecule has 0 saturated carbocycles. The van der Waals surface area contributed by atoms with E-state index in [1.165, 1.54) is 7.11 Å². The highest BCUT2D eigenvalue weighted by Crippen LogP contribution is 2.12. The lowest BCUT2D eigenvalue weighted by Gasteiger charge is -2.18. The summed E-state index contributed by atoms with van der Waals surface area (Å²) in [6.07, 6.45) is 0.774. The van der Waals surface area contributed by atoms with Crippen molar-refractivity contribution in [1.29, 1.82) is 0 Å². The number of amides is 1. The number of ether oxygens (including phenoxy) is 2. The largest absolute Gasteiger partial charge is 0.497 e. The fraction of sp³-hybridized carbons (Fsp3) is 0.500. The van der Waals surface area contributed by atoms with Crippen LogP contribution in [0.5, 0.6) is 5.75 Å². The van der Waals surface area contributed by atoms with Crippen molar-refractivity contribution in [3.05, 3.63) is 29.8 Å². The summed E-state index contributed by atoms with van der Waals surface area (Å²) in [4.78, 5) is 23.7. The molecule has 116 valence electrons. The van der Waals surface area contributed by atoms with Crippen LogP contribution < -0.4 is 10.1 Å². The van der Waals surface area contributed by atoms with Crippen LogP contribution in [-0.4, -0.2) is 32.1 Å². The van der Waals surface area contributed by atoms with Gasteiger partial charge >= 0.3 is 5.97 Å². The molecule has 21 heavy (non-hydrogen) atoms. The number of nitrogens with one attached hydrogen (secondary N) is 1. The molecule has 0 aliphatic carbocycles. The third kappa shape index (κ3) is 5.85. The molecule has 0 spiro atoms. The molecule has 0 fully saturated rings. The Kier molecular flexibility index (Phi) is 6.72. The van der Waals surface area contributed by atoms with Crippen LogP contribution in [0.3, 0.4) is 0 Å². The molecular weight excluding hydrogens is 270 g/mol. The minimum absolute atomic E-state index is 0.198. The van der Waals surface area contributed by atoms with E-state index < -0.39 is 12.0 Å². The summed E-state index contributed by atoms with van der Waals surface area (Å²) in [7, 11) is 2.92. The SMILES string of the molecule is COC(=O)[C@H](CC(C)C)NC(=O)Cc1ccc(OC)cc1. The smallest absolute Gasteiger partial charge is 0.328 e. The molecular formula is C16H23NO4. The maximum absolute atomic E-state index is 12.0. The van der Waals surface area contributed by atoms with E-state index in [9.17, 15) is 9.59 Å². The van der Waals surface area contributed by atoms with Crippen LogP contribution in [0.25, 0.3) is 0 Å². The molecule has 0 unspecified atom stereocenters. The maximum atomic E-state index is 12.0. The van der Waals surface area contributed by atoms with Crippen LogP contribution in [0, 0.1) is 5.92 Å². The number of hydrogen-bond donors (Lipinski definition) is 1. The standard InChI is InChI=1S/C16H23NO4/c1-11(2)9-14(16(19)21-4)17-15(18)10-12-5-7-13(20-3)8-6-12/h5-8,11,14H,9-10H2,1-4H3,(H,17,18)/t14-/m0/s1. The van der Waals surface area contributed by atoms with E-state index in [4.69, 9.17) is 9.47 Å². The van der Waals surface area contributed by atoms with Crippen LogP contribution in [0.4, 0.5) is 0 Å². The van der Waals surface area contributed by atoms with Gasteiger partial charge in [-0.3, -0.25) is 4.79 Å². The Morgan fingerprint density at radius 2 is 1.76 bits per heavy atom. The van der Waals surface area contributed by atoms with Gasteiger partial charge in [0.25, 0.3) is 0 Å². The Balaban J connectivity index is 2.61. The predicted octanol–water partition coefficient (Wildman–Crippen LogP) is 1.94. The molecule has 1 atom stereocenters. The lowest BCUT2D eigenvalue weighted by molar-refractivity contribution is -0.145. The normalized spacial score (nSPS) is 11.9. The summed E-state index contributed by atoms with van der Waals surface area (Å²) in [5.74, 6) is 0.421. The van der Waals surface area contributed by atoms with Gasteiger partial charge in [0.05, 0.1) is 20.6 Å². The third-order valence-electron chi connectivity index (χ3n) is 3.05. The molecule has 5 nitrogen and oxygen atoms in total. The molecule has 0 aromatic heterocycles. The van der Waals surface area contributed by atoms with E-state index in [0.29, 0.717) is 6.42 Å². The van der Waals surface area contributed by atoms with Crippen molar-refractivity contribution in [2.24, 2.45) is 5.92 Å². The molecule has 0 heterocycles. The van der Waals surface area contributed by atoms with Gasteiger partial charge in [0.1, 0.15) is 11.8 Å². The van der Waals surface area contributed by atoms with Gasteiger partial charge < -0.3 is 14.8 Å². The van der Waals surface area contributed by atoms with Gasteiger partial charge in [-0.1, -0.05) is 26.0 Å². The average Bonchev–Trinajstić information content (AvgIpc) is 2.46. The fourth-order valence-corrected chi connectivity index (χ4v) is 2.00. The van der Waals surface area contributed by atoms with E-state index in [1.807, 2.05) is 26.0 Å². The van der Waals surface area contributed by atoms with Crippen molar-refractivity contribution < 1.29 is 19.1 Å². The second-order valence-corrected chi connectivity index (χ2v) is 5.30. The summed E-state index contributed by atoms with van der Waals surface area (Å²) >= 11 is 0. The van der Waals surface area contributed by atoms with Gasteiger partial charge in [-0.2, -0.15) is 0 Å². The summed E-state index contributed by atoms with van der Waals surface area (Å²) in [6.45, 7) is 3.98. The highest BCUT2D eigenvalue weighted by Gasteiger charge is 2.22. The van der Waals surface area contributed by atoms with E-state index in [2.05, 4.69) is 5.32 Å². The van der Waals surface area contributed by atoms with Crippen LogP contribution in [0.1, 0.15) is 25.8 Å². The number of carbonyl (C=O) groups is 2. The highest BCUT2D eigenvalue weighted by atomic mass is 16.5. The molecule has 0 aliphatic heterocycles. The van der Waals surface area contributed by atoms with Gasteiger partial charge in [-0.15, -0.1) is 0 Å². The Labute approximate surface area is 125 Å². The number of benzene rings is 1. The van der Waals surface area contributed by atoms with Crippen molar-refractivity contribution in [2.45, 2.75) is 32.7 Å². The first-order valence-corrected chi connectivity index (χ1v) is 6.96. The van der Waals surface area contributed by atoms with Crippen molar-refractivity contribution in [2.75, 3.05) is 14.2 Å². The lowest BCUT2D eigenvalue weighted by Crippen LogP contribution is -2.43. The van der Waals surface area contributed by atoms with Crippen LogP contribution in [0.2, 0.25) is 0 Å². The molecule has 1 N–H and O–H groups in total. The lowest BCUT2D eigenvalue weighted by atomic mass is 10.0. The zero-order valence-electron chi connectivity index (χ0n) is 13.0. The van der Waals surface area contributed by atoms with Gasteiger partial charge in [0.15, 0.2) is 0 Å². The van der Waals surface area contributed by atoms with Crippen molar-refractivity contribution >= 4 is 11.9 Å². The van der Waals surface area contributed by atoms with Crippen molar-refractivity contribution in [3.8, 4) is 5.75 Å². The quantitative estimate of drug-likeness (QED) is 0.780. The first-order valence-electron chi connectivity index (χ1n) is 6.96. The molecule has 1 rings (SSSR count). The van der Waals surface area contributed by atoms with Gasteiger partial charge in [0.2, 0.25) is 5.91 Å². The van der Waals surface area contributed by atoms with E-state index in [0.717, 1.165) is 11.3 Å². The predicted molar refractivity (Wildman–Crippen MR) is 80.1 cm³/mol. The van der Waals surface area contributed by atoms with Crippen LogP contribution in [0.15, 0.2) is 24.3 Å². The van der Waals surface area contributed by atoms with Crippen molar-refractivity contribution in [1.82, 2.24) is 5.32 Å². The summed E-state index contributed by atoms with van der Waals surface area (Å²) in [5.41, 5.74) is 0.862. The minimum atomic E-state index is -0.597. The zero-order chi connectivity index (χ0) is 15.8. The molecule has 0 radical (unpaired) electrons. The zero-order valence-corrected chi connectivity index (χ0v) is 13.0. The second kappa shape index (κ2) is 8.29. The third-order valence-corrected chi connectivity index (χ3v) is 3.05. The van der Waals surface area contributed by atoms with Gasteiger partial charge in [-0.05, 0) is 30.0 Å². The molecule has 1 amide bonds. The second-order valence-electron chi connectivity index (χ2n) is 5.30. The first-order chi connectivity index (χ1) is 9.96. The Morgan fingerprint density at radius 3 is 2.24 bits per heavy atom. The highest BCUT2D eigenvalue weighted by molar-refractivity contribution is 5.85. The topological polar surface area (TPSA) is 64.6 Å². The van der Waals surface area contributed by atoms with E-state index in [-0.39, 0.29) is 18.2 Å². The summed E-state index contributed by atoms with van der Waals surface area (Å²) < 4.78 is 9.79. The van der Waals surface area contributed by atoms with Crippen LogP contribution in [-0.2, 0) is 20.7 Å². The number of rotatable bonds is 7. The summed E-state index contributed by atoms with van der Waals surface area (Å²) in [6, 6.07) is 6.66. The van der Waals surface area contributed by atoms with Gasteiger partial charge in [-0.25, -0.2) is 4.79 Å². The molecule has 0 aliphatic rings. The molecule has 5 heteroatoms. The minimum Gasteiger partial charge on any atom is -0.497 e. The Hall–Kier alpha value is -2.04. The number of carbonyl (C=O) groups excluding carboxylic acids is 2. The summed E-state index contributed by atoms with van der Waals surface area (Å²) in [5, 5.41) is 2.73. The van der Waals surface area contributed by atoms with Gasteiger partial charge in [0, 0.05) is 0 Å². The van der Waals surface area contributed by atoms with Crippen LogP contribution >= 0.6 is 0 Å². The number of hydrogen-bond acceptors (Lipinski definition) is 4. The Morgan fingerprint density at radius 1 is 1.14 bits per heavy atom. The molecule has 1 aromatic carbocycles. The molecule has 0 saturated heterocycles. The van der Waals surface area contributed by atoms with E-state index >= 15 is 0 Å². The number of esters is 1. The van der Waals surface area contributed by atoms with Crippen molar-refractivity contribution in [3.63, 3.8) is 0 Å². The number of methoxy groups -OCH3 is 2. The van der Waals surface area contributed by atoms with E-state index in [1.54, 1.807) is 19.2 Å². The maximum Gasteiger partial charge on any atom is 0.328 e. The molecule has 0 bridgehead atoms. The monoisotopic (exact) mass is 293 g/mol. The first kappa shape index (κ1) is 17.0. The molecule has 1 aromatic rings. The Bertz CT molecular complexity index is 468. The fourth-order valence-electron chi connectivity index (χ4n) is 2.00.